The molecule has 20 heavy (non-hydrogen) atoms. The Morgan fingerprint density at radius 2 is 2.30 bits per heavy atom. The summed E-state index contributed by atoms with van der Waals surface area (Å²) in [6, 6.07) is 6.37. The van der Waals surface area contributed by atoms with Crippen LogP contribution in [0.2, 0.25) is 0 Å². The first kappa shape index (κ1) is 15.9. The summed E-state index contributed by atoms with van der Waals surface area (Å²) in [5.74, 6) is 0.826. The summed E-state index contributed by atoms with van der Waals surface area (Å²) >= 11 is 6.68. The third-order valence-corrected chi connectivity index (χ3v) is 5.35. The molecule has 108 valence electrons. The number of nitrogens with zero attached hydrogens (tertiary/aromatic N) is 2. The van der Waals surface area contributed by atoms with Crippen LogP contribution in [0.4, 0.5) is 0 Å². The SMILES string of the molecule is COCCNCc1ccc(Sc2nc(C)ns2)c(Br)c1. The molecule has 1 heterocycles. The van der Waals surface area contributed by atoms with Crippen molar-refractivity contribution < 1.29 is 4.74 Å². The number of methoxy groups -OCH3 is 1. The summed E-state index contributed by atoms with van der Waals surface area (Å²) in [5.41, 5.74) is 1.24. The van der Waals surface area contributed by atoms with E-state index in [1.807, 2.05) is 6.92 Å². The van der Waals surface area contributed by atoms with Crippen molar-refractivity contribution in [2.75, 3.05) is 20.3 Å². The van der Waals surface area contributed by atoms with Crippen molar-refractivity contribution >= 4 is 39.2 Å². The lowest BCUT2D eigenvalue weighted by Crippen LogP contribution is -2.18. The number of benzene rings is 1. The molecule has 4 nitrogen and oxygen atoms in total. The number of rotatable bonds is 7. The van der Waals surface area contributed by atoms with Crippen molar-refractivity contribution in [3.05, 3.63) is 34.1 Å². The quantitative estimate of drug-likeness (QED) is 0.752. The zero-order chi connectivity index (χ0) is 14.4. The highest BCUT2D eigenvalue weighted by molar-refractivity contribution is 9.10. The first-order valence-corrected chi connectivity index (χ1v) is 8.53. The normalized spacial score (nSPS) is 10.9. The maximum atomic E-state index is 5.00. The van der Waals surface area contributed by atoms with E-state index in [1.165, 1.54) is 17.1 Å². The molecule has 0 saturated heterocycles. The van der Waals surface area contributed by atoms with Crippen LogP contribution in [-0.2, 0) is 11.3 Å². The monoisotopic (exact) mass is 373 g/mol. The van der Waals surface area contributed by atoms with Crippen molar-refractivity contribution in [2.24, 2.45) is 0 Å². The molecule has 2 aromatic rings. The van der Waals surface area contributed by atoms with Gasteiger partial charge in [-0.25, -0.2) is 4.98 Å². The summed E-state index contributed by atoms with van der Waals surface area (Å²) in [6.45, 7) is 4.33. The summed E-state index contributed by atoms with van der Waals surface area (Å²) in [5, 5.41) is 3.33. The summed E-state index contributed by atoms with van der Waals surface area (Å²) in [6.07, 6.45) is 0. The average molecular weight is 374 g/mol. The highest BCUT2D eigenvalue weighted by atomic mass is 79.9. The van der Waals surface area contributed by atoms with E-state index in [4.69, 9.17) is 4.74 Å². The number of nitrogens with one attached hydrogen (secondary N) is 1. The second kappa shape index (κ2) is 8.09. The lowest BCUT2D eigenvalue weighted by Gasteiger charge is -2.07. The third kappa shape index (κ3) is 4.82. The van der Waals surface area contributed by atoms with E-state index in [1.54, 1.807) is 18.9 Å². The fraction of sp³-hybridized carbons (Fsp3) is 0.385. The Balaban J connectivity index is 1.95. The predicted octanol–water partition coefficient (Wildman–Crippen LogP) is 3.50. The smallest absolute Gasteiger partial charge is 0.174 e. The fourth-order valence-electron chi connectivity index (χ4n) is 1.56. The van der Waals surface area contributed by atoms with Crippen LogP contribution in [0, 0.1) is 6.92 Å². The molecule has 1 N–H and O–H groups in total. The first-order chi connectivity index (χ1) is 9.69. The van der Waals surface area contributed by atoms with E-state index in [0.717, 1.165) is 39.2 Å². The molecule has 0 fully saturated rings. The van der Waals surface area contributed by atoms with Crippen molar-refractivity contribution in [1.29, 1.82) is 0 Å². The Hall–Kier alpha value is -0.470. The number of hydrogen-bond acceptors (Lipinski definition) is 6. The van der Waals surface area contributed by atoms with Crippen LogP contribution in [0.15, 0.2) is 31.9 Å². The zero-order valence-electron chi connectivity index (χ0n) is 11.4. The van der Waals surface area contributed by atoms with E-state index in [9.17, 15) is 0 Å². The lowest BCUT2D eigenvalue weighted by molar-refractivity contribution is 0.199. The second-order valence-electron chi connectivity index (χ2n) is 4.14. The van der Waals surface area contributed by atoms with Crippen LogP contribution in [0.1, 0.15) is 11.4 Å². The Morgan fingerprint density at radius 3 is 2.95 bits per heavy atom. The topological polar surface area (TPSA) is 47.0 Å². The van der Waals surface area contributed by atoms with E-state index in [-0.39, 0.29) is 0 Å². The number of hydrogen-bond donors (Lipinski definition) is 1. The Bertz CT molecular complexity index is 562. The maximum Gasteiger partial charge on any atom is 0.174 e. The van der Waals surface area contributed by atoms with Crippen molar-refractivity contribution in [3.63, 3.8) is 0 Å². The van der Waals surface area contributed by atoms with Crippen LogP contribution in [0.3, 0.4) is 0 Å². The number of aromatic nitrogens is 2. The van der Waals surface area contributed by atoms with Gasteiger partial charge < -0.3 is 10.1 Å². The van der Waals surface area contributed by atoms with Crippen molar-refractivity contribution in [3.8, 4) is 0 Å². The molecule has 0 unspecified atom stereocenters. The van der Waals surface area contributed by atoms with Gasteiger partial charge >= 0.3 is 0 Å². The van der Waals surface area contributed by atoms with Gasteiger partial charge in [-0.3, -0.25) is 0 Å². The minimum atomic E-state index is 0.728. The maximum absolute atomic E-state index is 5.00. The summed E-state index contributed by atoms with van der Waals surface area (Å²) < 4.78 is 11.2. The van der Waals surface area contributed by atoms with E-state index in [2.05, 4.69) is 48.8 Å². The first-order valence-electron chi connectivity index (χ1n) is 6.15. The highest BCUT2D eigenvalue weighted by Gasteiger charge is 2.07. The van der Waals surface area contributed by atoms with E-state index in [0.29, 0.717) is 0 Å². The van der Waals surface area contributed by atoms with Crippen LogP contribution in [-0.4, -0.2) is 29.6 Å². The Kier molecular flexibility index (Phi) is 6.44. The molecule has 1 aromatic carbocycles. The number of ether oxygens (including phenoxy) is 1. The van der Waals surface area contributed by atoms with Crippen LogP contribution in [0.5, 0.6) is 0 Å². The van der Waals surface area contributed by atoms with Gasteiger partial charge in [-0.1, -0.05) is 17.8 Å². The average Bonchev–Trinajstić information content (AvgIpc) is 2.83. The number of aryl methyl sites for hydroxylation is 1. The van der Waals surface area contributed by atoms with E-state index < -0.39 is 0 Å². The van der Waals surface area contributed by atoms with Gasteiger partial charge in [0.25, 0.3) is 0 Å². The second-order valence-corrected chi connectivity index (χ2v) is 7.04. The van der Waals surface area contributed by atoms with Gasteiger partial charge in [-0.2, -0.15) is 4.37 Å². The largest absolute Gasteiger partial charge is 0.383 e. The van der Waals surface area contributed by atoms with Gasteiger partial charge in [-0.05, 0) is 52.1 Å². The summed E-state index contributed by atoms with van der Waals surface area (Å²) in [4.78, 5) is 5.52. The minimum absolute atomic E-state index is 0.728. The molecule has 2 rings (SSSR count). The van der Waals surface area contributed by atoms with Gasteiger partial charge in [0, 0.05) is 29.6 Å². The van der Waals surface area contributed by atoms with Gasteiger partial charge in [-0.15, -0.1) is 0 Å². The molecule has 0 aliphatic rings. The fourth-order valence-corrected chi connectivity index (χ4v) is 3.84. The summed E-state index contributed by atoms with van der Waals surface area (Å²) in [7, 11) is 1.71. The molecule has 1 aromatic heterocycles. The minimum Gasteiger partial charge on any atom is -0.383 e. The lowest BCUT2D eigenvalue weighted by atomic mass is 10.2. The van der Waals surface area contributed by atoms with Gasteiger partial charge in [0.05, 0.1) is 6.61 Å². The molecule has 0 spiro atoms. The predicted molar refractivity (Wildman–Crippen MR) is 86.5 cm³/mol. The van der Waals surface area contributed by atoms with Crippen LogP contribution >= 0.6 is 39.2 Å². The number of halogens is 1. The van der Waals surface area contributed by atoms with Gasteiger partial charge in [0.15, 0.2) is 4.34 Å². The molecule has 7 heteroatoms. The molecular weight excluding hydrogens is 358 g/mol. The Labute approximate surface area is 135 Å². The molecule has 0 radical (unpaired) electrons. The molecule has 0 amide bonds. The molecule has 0 bridgehead atoms. The third-order valence-electron chi connectivity index (χ3n) is 2.51. The van der Waals surface area contributed by atoms with Gasteiger partial charge in [0.1, 0.15) is 5.82 Å². The van der Waals surface area contributed by atoms with Gasteiger partial charge in [0.2, 0.25) is 0 Å². The molecule has 0 atom stereocenters. The van der Waals surface area contributed by atoms with Crippen molar-refractivity contribution in [1.82, 2.24) is 14.7 Å². The van der Waals surface area contributed by atoms with Crippen LogP contribution < -0.4 is 5.32 Å². The molecule has 0 aliphatic carbocycles. The van der Waals surface area contributed by atoms with E-state index >= 15 is 0 Å². The molecule has 0 saturated carbocycles. The highest BCUT2D eigenvalue weighted by Crippen LogP contribution is 2.34. The Morgan fingerprint density at radius 1 is 1.45 bits per heavy atom. The molecular formula is C13H16BrN3OS2. The van der Waals surface area contributed by atoms with Crippen LogP contribution in [0.25, 0.3) is 0 Å². The standard InChI is InChI=1S/C13H16BrN3OS2/c1-9-16-13(20-17-9)19-12-4-3-10(7-11(12)14)8-15-5-6-18-2/h3-4,7,15H,5-6,8H2,1-2H3. The zero-order valence-corrected chi connectivity index (χ0v) is 14.6. The molecule has 0 aliphatic heterocycles. The van der Waals surface area contributed by atoms with Crippen molar-refractivity contribution in [2.45, 2.75) is 22.7 Å².